The van der Waals surface area contributed by atoms with Gasteiger partial charge in [-0.3, -0.25) is 4.79 Å². The van der Waals surface area contributed by atoms with Gasteiger partial charge in [0.05, 0.1) is 10.9 Å². The molecule has 0 aliphatic rings. The maximum atomic E-state index is 13.1. The van der Waals surface area contributed by atoms with E-state index in [0.717, 1.165) is 0 Å². The minimum absolute atomic E-state index is 0.00752. The van der Waals surface area contributed by atoms with Gasteiger partial charge in [0.25, 0.3) is 0 Å². The molecule has 0 aliphatic carbocycles. The molecule has 13 heavy (non-hydrogen) atoms. The van der Waals surface area contributed by atoms with Crippen LogP contribution in [-0.4, -0.2) is 11.1 Å². The number of hydrogen-bond donors (Lipinski definition) is 0. The highest BCUT2D eigenvalue weighted by Gasteiger charge is 2.15. The standard InChI is InChI=1S/C9H7BrF2O/c1-5-2-3-6(7(13)4-10)9(12)8(5)11/h2-3H,4H2,1H3. The molecular weight excluding hydrogens is 242 g/mol. The summed E-state index contributed by atoms with van der Waals surface area (Å²) in [5.74, 6) is -2.48. The fraction of sp³-hybridized carbons (Fsp3) is 0.222. The van der Waals surface area contributed by atoms with Crippen molar-refractivity contribution in [2.24, 2.45) is 0 Å². The van der Waals surface area contributed by atoms with Gasteiger partial charge in [0.1, 0.15) is 0 Å². The van der Waals surface area contributed by atoms with Crippen molar-refractivity contribution in [1.29, 1.82) is 0 Å². The van der Waals surface area contributed by atoms with E-state index >= 15 is 0 Å². The predicted octanol–water partition coefficient (Wildman–Crippen LogP) is 2.85. The van der Waals surface area contributed by atoms with Gasteiger partial charge < -0.3 is 0 Å². The number of alkyl halides is 1. The van der Waals surface area contributed by atoms with Crippen LogP contribution < -0.4 is 0 Å². The maximum absolute atomic E-state index is 13.1. The van der Waals surface area contributed by atoms with Crippen molar-refractivity contribution in [3.63, 3.8) is 0 Å². The van der Waals surface area contributed by atoms with Gasteiger partial charge in [0.2, 0.25) is 0 Å². The van der Waals surface area contributed by atoms with Crippen molar-refractivity contribution in [2.75, 3.05) is 5.33 Å². The maximum Gasteiger partial charge on any atom is 0.176 e. The Morgan fingerprint density at radius 2 is 2.00 bits per heavy atom. The molecule has 0 unspecified atom stereocenters. The van der Waals surface area contributed by atoms with Crippen LogP contribution in [0.4, 0.5) is 8.78 Å². The highest BCUT2D eigenvalue weighted by atomic mass is 79.9. The van der Waals surface area contributed by atoms with Crippen molar-refractivity contribution >= 4 is 21.7 Å². The Hall–Kier alpha value is -0.770. The van der Waals surface area contributed by atoms with E-state index in [0.29, 0.717) is 0 Å². The number of aryl methyl sites for hydroxylation is 1. The average molecular weight is 249 g/mol. The summed E-state index contributed by atoms with van der Waals surface area (Å²) < 4.78 is 26.0. The fourth-order valence-corrected chi connectivity index (χ4v) is 1.24. The lowest BCUT2D eigenvalue weighted by atomic mass is 10.1. The van der Waals surface area contributed by atoms with Gasteiger partial charge >= 0.3 is 0 Å². The quantitative estimate of drug-likeness (QED) is 0.581. The van der Waals surface area contributed by atoms with Crippen LogP contribution in [0.1, 0.15) is 15.9 Å². The molecule has 0 fully saturated rings. The summed E-state index contributed by atoms with van der Waals surface area (Å²) in [6.07, 6.45) is 0. The van der Waals surface area contributed by atoms with Gasteiger partial charge in [-0.2, -0.15) is 0 Å². The van der Waals surface area contributed by atoms with E-state index in [1.165, 1.54) is 19.1 Å². The molecule has 0 heterocycles. The van der Waals surface area contributed by atoms with Crippen LogP contribution in [0.25, 0.3) is 0 Å². The minimum atomic E-state index is -1.07. The number of Topliss-reactive ketones (excluding diaryl/α,β-unsaturated/α-hetero) is 1. The molecule has 0 bridgehead atoms. The molecule has 1 aromatic carbocycles. The largest absolute Gasteiger partial charge is 0.293 e. The average Bonchev–Trinajstić information content (AvgIpc) is 2.13. The molecule has 0 aromatic heterocycles. The predicted molar refractivity (Wildman–Crippen MR) is 49.2 cm³/mol. The number of ketones is 1. The van der Waals surface area contributed by atoms with E-state index in [4.69, 9.17) is 0 Å². The van der Waals surface area contributed by atoms with Gasteiger partial charge in [-0.1, -0.05) is 22.0 Å². The first-order valence-corrected chi connectivity index (χ1v) is 4.74. The zero-order valence-electron chi connectivity index (χ0n) is 6.90. The smallest absolute Gasteiger partial charge is 0.176 e. The van der Waals surface area contributed by atoms with Crippen molar-refractivity contribution < 1.29 is 13.6 Å². The molecular formula is C9H7BrF2O. The minimum Gasteiger partial charge on any atom is -0.293 e. The highest BCUT2D eigenvalue weighted by molar-refractivity contribution is 9.09. The monoisotopic (exact) mass is 248 g/mol. The van der Waals surface area contributed by atoms with Gasteiger partial charge in [0.15, 0.2) is 17.4 Å². The molecule has 0 amide bonds. The van der Waals surface area contributed by atoms with E-state index < -0.39 is 17.4 Å². The van der Waals surface area contributed by atoms with Crippen molar-refractivity contribution in [3.05, 3.63) is 34.9 Å². The Balaban J connectivity index is 3.26. The Labute approximate surface area is 82.9 Å². The second kappa shape index (κ2) is 3.96. The molecule has 0 N–H and O–H groups in total. The molecule has 1 aromatic rings. The number of hydrogen-bond acceptors (Lipinski definition) is 1. The Kier molecular flexibility index (Phi) is 3.14. The van der Waals surface area contributed by atoms with Gasteiger partial charge in [-0.05, 0) is 18.6 Å². The molecule has 70 valence electrons. The molecule has 0 saturated carbocycles. The van der Waals surface area contributed by atoms with Crippen molar-refractivity contribution in [2.45, 2.75) is 6.92 Å². The van der Waals surface area contributed by atoms with E-state index in [1.807, 2.05) is 0 Å². The summed E-state index contributed by atoms with van der Waals surface area (Å²) in [4.78, 5) is 11.0. The van der Waals surface area contributed by atoms with E-state index in [1.54, 1.807) is 0 Å². The fourth-order valence-electron chi connectivity index (χ4n) is 0.933. The Morgan fingerprint density at radius 1 is 1.38 bits per heavy atom. The molecule has 0 aliphatic heterocycles. The normalized spacial score (nSPS) is 10.2. The number of carbonyl (C=O) groups is 1. The van der Waals surface area contributed by atoms with Crippen molar-refractivity contribution in [3.8, 4) is 0 Å². The third-order valence-corrected chi connectivity index (χ3v) is 2.21. The Morgan fingerprint density at radius 3 is 2.54 bits per heavy atom. The molecule has 4 heteroatoms. The van der Waals surface area contributed by atoms with Crippen LogP contribution in [0, 0.1) is 18.6 Å². The molecule has 0 atom stereocenters. The molecule has 1 nitrogen and oxygen atoms in total. The van der Waals surface area contributed by atoms with Crippen LogP contribution >= 0.6 is 15.9 Å². The van der Waals surface area contributed by atoms with Gasteiger partial charge in [0, 0.05) is 0 Å². The highest BCUT2D eigenvalue weighted by Crippen LogP contribution is 2.16. The third-order valence-electron chi connectivity index (χ3n) is 1.70. The van der Waals surface area contributed by atoms with Crippen LogP contribution in [0.2, 0.25) is 0 Å². The van der Waals surface area contributed by atoms with Crippen LogP contribution in [0.5, 0.6) is 0 Å². The zero-order chi connectivity index (χ0) is 10.0. The van der Waals surface area contributed by atoms with Crippen LogP contribution in [0.3, 0.4) is 0 Å². The van der Waals surface area contributed by atoms with Crippen molar-refractivity contribution in [1.82, 2.24) is 0 Å². The molecule has 0 saturated heterocycles. The van der Waals surface area contributed by atoms with E-state index in [2.05, 4.69) is 15.9 Å². The second-order valence-electron chi connectivity index (χ2n) is 2.61. The lowest BCUT2D eigenvalue weighted by Gasteiger charge is -2.02. The SMILES string of the molecule is Cc1ccc(C(=O)CBr)c(F)c1F. The number of benzene rings is 1. The molecule has 1 rings (SSSR count). The zero-order valence-corrected chi connectivity index (χ0v) is 8.49. The first kappa shape index (κ1) is 10.3. The third kappa shape index (κ3) is 1.94. The molecule has 0 radical (unpaired) electrons. The van der Waals surface area contributed by atoms with Crippen LogP contribution in [-0.2, 0) is 0 Å². The van der Waals surface area contributed by atoms with E-state index in [-0.39, 0.29) is 16.5 Å². The van der Waals surface area contributed by atoms with Gasteiger partial charge in [-0.15, -0.1) is 0 Å². The Bertz CT molecular complexity index is 350. The second-order valence-corrected chi connectivity index (χ2v) is 3.18. The number of rotatable bonds is 2. The lowest BCUT2D eigenvalue weighted by molar-refractivity contribution is 0.101. The molecule has 0 spiro atoms. The van der Waals surface area contributed by atoms with Crippen LogP contribution in [0.15, 0.2) is 12.1 Å². The first-order chi connectivity index (χ1) is 6.07. The summed E-state index contributed by atoms with van der Waals surface area (Å²) >= 11 is 2.89. The number of halogens is 3. The first-order valence-electron chi connectivity index (χ1n) is 3.61. The summed E-state index contributed by atoms with van der Waals surface area (Å²) in [5, 5.41) is -0.00752. The summed E-state index contributed by atoms with van der Waals surface area (Å²) in [7, 11) is 0. The topological polar surface area (TPSA) is 17.1 Å². The van der Waals surface area contributed by atoms with E-state index in [9.17, 15) is 13.6 Å². The summed E-state index contributed by atoms with van der Waals surface area (Å²) in [5.41, 5.74) is -0.0106. The number of carbonyl (C=O) groups excluding carboxylic acids is 1. The van der Waals surface area contributed by atoms with Gasteiger partial charge in [-0.25, -0.2) is 8.78 Å². The summed E-state index contributed by atoms with van der Waals surface area (Å²) in [6.45, 7) is 1.45. The lowest BCUT2D eigenvalue weighted by Crippen LogP contribution is -2.06. The summed E-state index contributed by atoms with van der Waals surface area (Å²) in [6, 6.07) is 2.67.